The maximum Gasteiger partial charge on any atom is 0.365 e. The van der Waals surface area contributed by atoms with E-state index < -0.39 is 13.7 Å². The summed E-state index contributed by atoms with van der Waals surface area (Å²) in [5.41, 5.74) is 15.1. The highest BCUT2D eigenvalue weighted by atomic mass is 28.3. The highest BCUT2D eigenvalue weighted by Gasteiger charge is 2.67. The van der Waals surface area contributed by atoms with Crippen LogP contribution >= 0.6 is 0 Å². The molecule has 0 fully saturated rings. The Labute approximate surface area is 368 Å². The molecule has 12 rings (SSSR count). The van der Waals surface area contributed by atoms with Crippen molar-refractivity contribution in [1.82, 2.24) is 4.57 Å². The molecule has 7 aromatic carbocycles. The van der Waals surface area contributed by atoms with Gasteiger partial charge in [-0.05, 0) is 107 Å². The van der Waals surface area contributed by atoms with Crippen molar-refractivity contribution >= 4 is 46.2 Å². The Morgan fingerprint density at radius 2 is 1.35 bits per heavy atom. The van der Waals surface area contributed by atoms with Gasteiger partial charge in [0.25, 0.3) is 0 Å². The number of imidazole rings is 1. The molecule has 0 N–H and O–H groups in total. The zero-order chi connectivity index (χ0) is 42.9. The number of fused-ring (bicyclic) bond motifs is 15. The number of pyridine rings is 1. The fraction of sp³-hybridized carbons (Fsp3) is 0.158. The van der Waals surface area contributed by atoms with Gasteiger partial charge in [-0.3, -0.25) is 0 Å². The van der Waals surface area contributed by atoms with Gasteiger partial charge in [-0.25, -0.2) is 4.39 Å². The van der Waals surface area contributed by atoms with Crippen LogP contribution < -0.4 is 14.3 Å². The van der Waals surface area contributed by atoms with E-state index in [2.05, 4.69) is 199 Å². The van der Waals surface area contributed by atoms with Crippen LogP contribution in [0.5, 0.6) is 0 Å². The molecule has 0 saturated heterocycles. The molecule has 0 aliphatic carbocycles. The van der Waals surface area contributed by atoms with E-state index in [9.17, 15) is 0 Å². The monoisotopic (exact) mass is 837 g/mol. The molecular weight excluding hydrogens is 790 g/mol. The van der Waals surface area contributed by atoms with Crippen molar-refractivity contribution < 1.29 is 17.9 Å². The van der Waals surface area contributed by atoms with E-state index in [-0.39, 0.29) is 5.82 Å². The SMILES string of the molecule is Cc1ccc2c(c1F)-c1cc(CC(C)C)c([Si](C)(C)C)c[n+]1C21c2cc3oc4cc(-c5ccccc5)ccc4c3cc2-c2n(-c3cccc(-c4ccccc4)c3)c3ccccc3[n+]21. The van der Waals surface area contributed by atoms with Crippen LogP contribution in [0, 0.1) is 18.7 Å². The van der Waals surface area contributed by atoms with Crippen molar-refractivity contribution in [2.75, 3.05) is 0 Å². The summed E-state index contributed by atoms with van der Waals surface area (Å²) in [5, 5.41) is 3.52. The van der Waals surface area contributed by atoms with Crippen LogP contribution in [0.2, 0.25) is 19.6 Å². The first-order valence-corrected chi connectivity index (χ1v) is 25.7. The van der Waals surface area contributed by atoms with Crippen molar-refractivity contribution in [2.45, 2.75) is 52.5 Å². The van der Waals surface area contributed by atoms with Gasteiger partial charge in [0.2, 0.25) is 5.69 Å². The molecule has 0 saturated carbocycles. The summed E-state index contributed by atoms with van der Waals surface area (Å²) in [4.78, 5) is 0. The van der Waals surface area contributed by atoms with Crippen molar-refractivity contribution in [2.24, 2.45) is 5.92 Å². The fourth-order valence-corrected chi connectivity index (χ4v) is 12.5. The standard InChI is InChI=1S/C57H48FN3OSi/c1-35(2)28-41-30-50-54-46(27-24-36(3)55(54)58)57(59(50)34-53(41)63(4,5)6)47-33-52-44(43-26-25-40(31-51(43)62-52)38-18-11-8-12-19-38)32-45(47)56-60(48-22-13-14-23-49(48)61(56)57)42-21-15-20-39(29-42)37-16-9-7-10-17-37/h7-27,29-35H,28H2,1-6H3/q+2. The summed E-state index contributed by atoms with van der Waals surface area (Å²) >= 11 is 0. The lowest BCUT2D eigenvalue weighted by Gasteiger charge is -2.24. The van der Waals surface area contributed by atoms with Gasteiger partial charge in [0, 0.05) is 22.0 Å². The molecule has 1 spiro atoms. The van der Waals surface area contributed by atoms with Crippen LogP contribution in [0.25, 0.3) is 83.6 Å². The first kappa shape index (κ1) is 37.8. The predicted octanol–water partition coefficient (Wildman–Crippen LogP) is 12.9. The van der Waals surface area contributed by atoms with Crippen LogP contribution in [0.1, 0.15) is 36.1 Å². The maximum absolute atomic E-state index is 17.4. The summed E-state index contributed by atoms with van der Waals surface area (Å²) in [6.07, 6.45) is 3.36. The van der Waals surface area contributed by atoms with E-state index >= 15 is 4.39 Å². The molecule has 306 valence electrons. The van der Waals surface area contributed by atoms with Crippen LogP contribution in [-0.4, -0.2) is 12.6 Å². The van der Waals surface area contributed by atoms with Gasteiger partial charge in [0.1, 0.15) is 22.7 Å². The smallest absolute Gasteiger partial charge is 0.365 e. The number of halogens is 1. The molecule has 10 aromatic rings. The van der Waals surface area contributed by atoms with Crippen LogP contribution in [0.4, 0.5) is 4.39 Å². The van der Waals surface area contributed by atoms with Crippen LogP contribution in [0.3, 0.4) is 0 Å². The Kier molecular flexibility index (Phi) is 8.14. The number of furan rings is 1. The van der Waals surface area contributed by atoms with Gasteiger partial charge >= 0.3 is 11.5 Å². The van der Waals surface area contributed by atoms with Gasteiger partial charge in [-0.1, -0.05) is 131 Å². The lowest BCUT2D eigenvalue weighted by atomic mass is 9.88. The quantitative estimate of drug-likeness (QED) is 0.121. The Hall–Kier alpha value is -6.89. The number of nitrogens with zero attached hydrogens (tertiary/aromatic N) is 3. The van der Waals surface area contributed by atoms with Gasteiger partial charge in [-0.2, -0.15) is 4.57 Å². The first-order valence-electron chi connectivity index (χ1n) is 22.2. The molecule has 1 unspecified atom stereocenters. The van der Waals surface area contributed by atoms with E-state index in [0.717, 1.165) is 95.5 Å². The molecule has 3 aromatic heterocycles. The molecule has 0 radical (unpaired) electrons. The maximum atomic E-state index is 17.4. The van der Waals surface area contributed by atoms with Crippen molar-refractivity contribution in [3.05, 3.63) is 192 Å². The summed E-state index contributed by atoms with van der Waals surface area (Å²) in [5.74, 6) is 1.33. The molecule has 63 heavy (non-hydrogen) atoms. The number of aromatic nitrogens is 3. The van der Waals surface area contributed by atoms with Crippen LogP contribution in [0.15, 0.2) is 168 Å². The van der Waals surface area contributed by atoms with E-state index in [0.29, 0.717) is 17.0 Å². The second kappa shape index (κ2) is 13.6. The Bertz CT molecular complexity index is 3520. The Balaban J connectivity index is 1.25. The number of hydrogen-bond donors (Lipinski definition) is 0. The molecule has 0 amide bonds. The summed E-state index contributed by atoms with van der Waals surface area (Å²) in [7, 11) is -1.95. The lowest BCUT2D eigenvalue weighted by molar-refractivity contribution is -0.944. The van der Waals surface area contributed by atoms with E-state index in [1.807, 2.05) is 19.1 Å². The minimum Gasteiger partial charge on any atom is -0.456 e. The Morgan fingerprint density at radius 3 is 2.08 bits per heavy atom. The van der Waals surface area contributed by atoms with Gasteiger partial charge in [0.15, 0.2) is 17.2 Å². The zero-order valence-electron chi connectivity index (χ0n) is 36.5. The molecule has 5 heterocycles. The van der Waals surface area contributed by atoms with Crippen molar-refractivity contribution in [3.63, 3.8) is 0 Å². The minimum absolute atomic E-state index is 0.164. The number of benzene rings is 7. The molecular formula is C57H48FN3OSi+2. The summed E-state index contributed by atoms with van der Waals surface area (Å²) in [6.45, 7) is 13.8. The fourth-order valence-electron chi connectivity index (χ4n) is 10.9. The molecule has 2 aliphatic rings. The average Bonchev–Trinajstić information content (AvgIpc) is 3.99. The predicted molar refractivity (Wildman–Crippen MR) is 257 cm³/mol. The average molecular weight is 838 g/mol. The zero-order valence-corrected chi connectivity index (χ0v) is 37.5. The third-order valence-electron chi connectivity index (χ3n) is 13.6. The topological polar surface area (TPSA) is 25.8 Å². The molecule has 2 aliphatic heterocycles. The second-order valence-corrected chi connectivity index (χ2v) is 24.1. The number of rotatable bonds is 6. The van der Waals surface area contributed by atoms with E-state index in [4.69, 9.17) is 4.42 Å². The molecule has 1 atom stereocenters. The highest BCUT2D eigenvalue weighted by molar-refractivity contribution is 6.89. The minimum atomic E-state index is -1.95. The summed E-state index contributed by atoms with van der Waals surface area (Å²) < 4.78 is 31.8. The number of aryl methyl sites for hydroxylation is 1. The molecule has 0 bridgehead atoms. The molecule has 6 heteroatoms. The van der Waals surface area contributed by atoms with Crippen molar-refractivity contribution in [3.8, 4) is 50.6 Å². The third kappa shape index (κ3) is 5.37. The Morgan fingerprint density at radius 1 is 0.667 bits per heavy atom. The van der Waals surface area contributed by atoms with Gasteiger partial charge < -0.3 is 4.42 Å². The van der Waals surface area contributed by atoms with Gasteiger partial charge in [0.05, 0.1) is 30.3 Å². The van der Waals surface area contributed by atoms with Crippen LogP contribution in [-0.2, 0) is 12.1 Å². The van der Waals surface area contributed by atoms with E-state index in [1.54, 1.807) is 0 Å². The highest BCUT2D eigenvalue weighted by Crippen LogP contribution is 2.52. The van der Waals surface area contributed by atoms with E-state index in [1.165, 1.54) is 10.8 Å². The van der Waals surface area contributed by atoms with Crippen molar-refractivity contribution in [1.29, 1.82) is 0 Å². The first-order chi connectivity index (χ1) is 30.5. The number of hydrogen-bond acceptors (Lipinski definition) is 1. The van der Waals surface area contributed by atoms with Gasteiger partial charge in [-0.15, -0.1) is 9.13 Å². The molecule has 4 nitrogen and oxygen atoms in total. The lowest BCUT2D eigenvalue weighted by Crippen LogP contribution is -2.72. The second-order valence-electron chi connectivity index (χ2n) is 19.1. The number of para-hydroxylation sites is 2. The third-order valence-corrected chi connectivity index (χ3v) is 15.6. The normalized spacial score (nSPS) is 15.2. The summed E-state index contributed by atoms with van der Waals surface area (Å²) in [6, 6.07) is 56.4. The largest absolute Gasteiger partial charge is 0.456 e.